The Hall–Kier alpha value is -0.610. The van der Waals surface area contributed by atoms with Crippen LogP contribution >= 0.6 is 0 Å². The van der Waals surface area contributed by atoms with E-state index in [1.165, 1.54) is 0 Å². The third-order valence-corrected chi connectivity index (χ3v) is 2.54. The minimum absolute atomic E-state index is 0.0160. The maximum Gasteiger partial charge on any atom is 0.224 e. The third kappa shape index (κ3) is 6.08. The molecule has 4 heteroatoms. The van der Waals surface area contributed by atoms with Crippen LogP contribution in [-0.4, -0.2) is 44.2 Å². The van der Waals surface area contributed by atoms with Gasteiger partial charge in [-0.15, -0.1) is 0 Å². The summed E-state index contributed by atoms with van der Waals surface area (Å²) in [6, 6.07) is 0. The lowest BCUT2D eigenvalue weighted by molar-refractivity contribution is -0.133. The van der Waals surface area contributed by atoms with E-state index in [2.05, 4.69) is 20.8 Å². The van der Waals surface area contributed by atoms with Crippen LogP contribution in [0.1, 0.15) is 33.6 Å². The average Bonchev–Trinajstić information content (AvgIpc) is 2.25. The van der Waals surface area contributed by atoms with Gasteiger partial charge in [0, 0.05) is 20.2 Å². The molecule has 0 aliphatic heterocycles. The number of nitrogens with two attached hydrogens (primary N) is 1. The van der Waals surface area contributed by atoms with E-state index in [-0.39, 0.29) is 11.3 Å². The van der Waals surface area contributed by atoms with Crippen molar-refractivity contribution in [1.82, 2.24) is 4.90 Å². The number of rotatable bonds is 8. The Morgan fingerprint density at radius 2 is 2.06 bits per heavy atom. The van der Waals surface area contributed by atoms with E-state index in [4.69, 9.17) is 10.5 Å². The molecule has 0 saturated carbocycles. The van der Waals surface area contributed by atoms with Crippen LogP contribution in [0, 0.1) is 5.41 Å². The van der Waals surface area contributed by atoms with Crippen molar-refractivity contribution in [2.75, 3.05) is 33.4 Å². The van der Waals surface area contributed by atoms with Crippen LogP contribution in [0.25, 0.3) is 0 Å². The number of nitrogens with zero attached hydrogens (tertiary/aromatic N) is 1. The fourth-order valence-electron chi connectivity index (χ4n) is 1.49. The smallest absolute Gasteiger partial charge is 0.224 e. The SMILES string of the molecule is CCCN(CC(C)(C)CN)C(=O)CCOC. The molecule has 0 bridgehead atoms. The standard InChI is InChI=1S/C12H26N2O2/c1-5-7-14(10-12(2,3)9-13)11(15)6-8-16-4/h5-10,13H2,1-4H3. The summed E-state index contributed by atoms with van der Waals surface area (Å²) in [5.74, 6) is 0.158. The van der Waals surface area contributed by atoms with Crippen LogP contribution in [-0.2, 0) is 9.53 Å². The highest BCUT2D eigenvalue weighted by Gasteiger charge is 2.22. The molecule has 4 nitrogen and oxygen atoms in total. The van der Waals surface area contributed by atoms with Crippen LogP contribution in [0.15, 0.2) is 0 Å². The summed E-state index contributed by atoms with van der Waals surface area (Å²) >= 11 is 0. The number of carbonyl (C=O) groups is 1. The van der Waals surface area contributed by atoms with E-state index < -0.39 is 0 Å². The Kier molecular flexibility index (Phi) is 7.34. The summed E-state index contributed by atoms with van der Waals surface area (Å²) in [5.41, 5.74) is 5.67. The number of carbonyl (C=O) groups excluding carboxylic acids is 1. The fourth-order valence-corrected chi connectivity index (χ4v) is 1.49. The van der Waals surface area contributed by atoms with Crippen LogP contribution in [0.4, 0.5) is 0 Å². The first-order valence-electron chi connectivity index (χ1n) is 5.93. The second kappa shape index (κ2) is 7.63. The normalized spacial score (nSPS) is 11.6. The molecule has 0 radical (unpaired) electrons. The quantitative estimate of drug-likeness (QED) is 0.682. The van der Waals surface area contributed by atoms with Crippen molar-refractivity contribution in [1.29, 1.82) is 0 Å². The molecule has 0 atom stereocenters. The van der Waals surface area contributed by atoms with Crippen LogP contribution in [0.5, 0.6) is 0 Å². The molecule has 0 saturated heterocycles. The molecule has 0 aliphatic rings. The molecule has 2 N–H and O–H groups in total. The first-order chi connectivity index (χ1) is 7.46. The molecule has 0 spiro atoms. The number of methoxy groups -OCH3 is 1. The summed E-state index contributed by atoms with van der Waals surface area (Å²) < 4.78 is 4.93. The summed E-state index contributed by atoms with van der Waals surface area (Å²) in [6.45, 7) is 8.84. The lowest BCUT2D eigenvalue weighted by atomic mass is 9.93. The molecule has 0 aromatic heterocycles. The molecule has 0 aromatic rings. The van der Waals surface area contributed by atoms with Crippen molar-refractivity contribution >= 4 is 5.91 Å². The summed E-state index contributed by atoms with van der Waals surface area (Å²) in [7, 11) is 1.61. The van der Waals surface area contributed by atoms with Gasteiger partial charge in [-0.1, -0.05) is 20.8 Å². The summed E-state index contributed by atoms with van der Waals surface area (Å²) in [5, 5.41) is 0. The molecule has 96 valence electrons. The molecule has 0 aromatic carbocycles. The molecular weight excluding hydrogens is 204 g/mol. The monoisotopic (exact) mass is 230 g/mol. The highest BCUT2D eigenvalue weighted by Crippen LogP contribution is 2.15. The van der Waals surface area contributed by atoms with E-state index in [0.717, 1.165) is 19.5 Å². The van der Waals surface area contributed by atoms with Gasteiger partial charge in [0.1, 0.15) is 0 Å². The van der Waals surface area contributed by atoms with Crippen molar-refractivity contribution in [3.05, 3.63) is 0 Å². The molecular formula is C12H26N2O2. The van der Waals surface area contributed by atoms with E-state index in [9.17, 15) is 4.79 Å². The van der Waals surface area contributed by atoms with Crippen LogP contribution < -0.4 is 5.73 Å². The second-order valence-corrected chi connectivity index (χ2v) is 4.93. The van der Waals surface area contributed by atoms with Gasteiger partial charge in [0.15, 0.2) is 0 Å². The number of hydrogen-bond donors (Lipinski definition) is 1. The average molecular weight is 230 g/mol. The number of ether oxygens (including phenoxy) is 1. The summed E-state index contributed by atoms with van der Waals surface area (Å²) in [4.78, 5) is 13.8. The Balaban J connectivity index is 4.30. The lowest BCUT2D eigenvalue weighted by Gasteiger charge is -2.31. The van der Waals surface area contributed by atoms with E-state index >= 15 is 0 Å². The predicted molar refractivity (Wildman–Crippen MR) is 66.2 cm³/mol. The van der Waals surface area contributed by atoms with Crippen LogP contribution in [0.2, 0.25) is 0 Å². The van der Waals surface area contributed by atoms with Gasteiger partial charge in [0.2, 0.25) is 5.91 Å². The molecule has 0 rings (SSSR count). The molecule has 0 unspecified atom stereocenters. The maximum absolute atomic E-state index is 11.9. The zero-order chi connectivity index (χ0) is 12.6. The van der Waals surface area contributed by atoms with E-state index in [1.807, 2.05) is 4.90 Å². The molecule has 0 fully saturated rings. The predicted octanol–water partition coefficient (Wildman–Crippen LogP) is 1.25. The molecule has 0 heterocycles. The van der Waals surface area contributed by atoms with Gasteiger partial charge >= 0.3 is 0 Å². The highest BCUT2D eigenvalue weighted by molar-refractivity contribution is 5.76. The molecule has 0 aliphatic carbocycles. The van der Waals surface area contributed by atoms with Crippen molar-refractivity contribution in [3.8, 4) is 0 Å². The van der Waals surface area contributed by atoms with Crippen molar-refractivity contribution in [2.45, 2.75) is 33.6 Å². The van der Waals surface area contributed by atoms with Gasteiger partial charge in [-0.2, -0.15) is 0 Å². The van der Waals surface area contributed by atoms with Gasteiger partial charge in [-0.3, -0.25) is 4.79 Å². The first-order valence-corrected chi connectivity index (χ1v) is 5.93. The Morgan fingerprint density at radius 1 is 1.44 bits per heavy atom. The van der Waals surface area contributed by atoms with Gasteiger partial charge in [0.05, 0.1) is 13.0 Å². The highest BCUT2D eigenvalue weighted by atomic mass is 16.5. The maximum atomic E-state index is 11.9. The second-order valence-electron chi connectivity index (χ2n) is 4.93. The Bertz CT molecular complexity index is 205. The first kappa shape index (κ1) is 15.4. The topological polar surface area (TPSA) is 55.6 Å². The Labute approximate surface area is 99.1 Å². The molecule has 1 amide bonds. The summed E-state index contributed by atoms with van der Waals surface area (Å²) in [6.07, 6.45) is 1.43. The fraction of sp³-hybridized carbons (Fsp3) is 0.917. The van der Waals surface area contributed by atoms with Crippen molar-refractivity contribution in [3.63, 3.8) is 0 Å². The number of amides is 1. The zero-order valence-corrected chi connectivity index (χ0v) is 11.1. The number of hydrogen-bond acceptors (Lipinski definition) is 3. The third-order valence-electron chi connectivity index (χ3n) is 2.54. The lowest BCUT2D eigenvalue weighted by Crippen LogP contribution is -2.42. The van der Waals surface area contributed by atoms with Gasteiger partial charge in [-0.25, -0.2) is 0 Å². The van der Waals surface area contributed by atoms with Crippen LogP contribution in [0.3, 0.4) is 0 Å². The van der Waals surface area contributed by atoms with E-state index in [1.54, 1.807) is 7.11 Å². The van der Waals surface area contributed by atoms with Crippen molar-refractivity contribution < 1.29 is 9.53 Å². The van der Waals surface area contributed by atoms with Gasteiger partial charge in [0.25, 0.3) is 0 Å². The van der Waals surface area contributed by atoms with E-state index in [0.29, 0.717) is 19.6 Å². The Morgan fingerprint density at radius 3 is 2.50 bits per heavy atom. The molecule has 16 heavy (non-hydrogen) atoms. The zero-order valence-electron chi connectivity index (χ0n) is 11.1. The van der Waals surface area contributed by atoms with Crippen molar-refractivity contribution in [2.24, 2.45) is 11.1 Å². The minimum atomic E-state index is -0.0160. The van der Waals surface area contributed by atoms with Gasteiger partial charge in [-0.05, 0) is 18.4 Å². The largest absolute Gasteiger partial charge is 0.384 e. The minimum Gasteiger partial charge on any atom is -0.384 e. The van der Waals surface area contributed by atoms with Gasteiger partial charge < -0.3 is 15.4 Å².